The summed E-state index contributed by atoms with van der Waals surface area (Å²) in [5.74, 6) is 0.500. The Morgan fingerprint density at radius 2 is 2.11 bits per heavy atom. The summed E-state index contributed by atoms with van der Waals surface area (Å²) in [6.45, 7) is 4.35. The van der Waals surface area contributed by atoms with Crippen molar-refractivity contribution in [2.75, 3.05) is 17.7 Å². The third kappa shape index (κ3) is 3.07. The van der Waals surface area contributed by atoms with E-state index in [0.717, 1.165) is 11.3 Å². The fourth-order valence-electron chi connectivity index (χ4n) is 1.47. The lowest BCUT2D eigenvalue weighted by atomic mass is 10.2. The number of nitrogens with zero attached hydrogens (tertiary/aromatic N) is 3. The highest BCUT2D eigenvalue weighted by Gasteiger charge is 2.05. The molecule has 2 aromatic rings. The molecule has 0 spiro atoms. The number of hydrogen-bond donors (Lipinski definition) is 2. The van der Waals surface area contributed by atoms with Gasteiger partial charge in [0.15, 0.2) is 0 Å². The SMILES string of the molecule is CCOc1nc(N)nc(Nc2cccc(C)c2)n1. The van der Waals surface area contributed by atoms with E-state index in [0.29, 0.717) is 12.6 Å². The number of anilines is 3. The van der Waals surface area contributed by atoms with E-state index in [1.54, 1.807) is 0 Å². The van der Waals surface area contributed by atoms with E-state index in [1.165, 1.54) is 0 Å². The fourth-order valence-corrected chi connectivity index (χ4v) is 1.47. The summed E-state index contributed by atoms with van der Waals surface area (Å²) in [6, 6.07) is 8.10. The number of ether oxygens (including phenoxy) is 1. The number of nitrogens with one attached hydrogen (secondary N) is 1. The van der Waals surface area contributed by atoms with Crippen molar-refractivity contribution in [3.05, 3.63) is 29.8 Å². The second-order valence-electron chi connectivity index (χ2n) is 3.73. The van der Waals surface area contributed by atoms with E-state index in [-0.39, 0.29) is 12.0 Å². The summed E-state index contributed by atoms with van der Waals surface area (Å²) in [6.07, 6.45) is 0. The Balaban J connectivity index is 2.23. The molecule has 0 atom stereocenters. The van der Waals surface area contributed by atoms with E-state index in [4.69, 9.17) is 10.5 Å². The van der Waals surface area contributed by atoms with Crippen LogP contribution in [0.5, 0.6) is 6.01 Å². The maximum Gasteiger partial charge on any atom is 0.323 e. The lowest BCUT2D eigenvalue weighted by Crippen LogP contribution is -2.06. The van der Waals surface area contributed by atoms with Crippen molar-refractivity contribution in [1.29, 1.82) is 0 Å². The smallest absolute Gasteiger partial charge is 0.323 e. The zero-order valence-electron chi connectivity index (χ0n) is 10.3. The standard InChI is InChI=1S/C12H15N5O/c1-3-18-12-16-10(13)15-11(17-12)14-9-6-4-5-8(2)7-9/h4-7H,3H2,1-2H3,(H3,13,14,15,16,17). The molecule has 94 valence electrons. The van der Waals surface area contributed by atoms with Crippen LogP contribution in [0.2, 0.25) is 0 Å². The maximum absolute atomic E-state index is 5.59. The van der Waals surface area contributed by atoms with Gasteiger partial charge in [-0.1, -0.05) is 12.1 Å². The van der Waals surface area contributed by atoms with Crippen molar-refractivity contribution in [2.45, 2.75) is 13.8 Å². The molecule has 0 aliphatic rings. The number of rotatable bonds is 4. The van der Waals surface area contributed by atoms with Gasteiger partial charge in [-0.15, -0.1) is 0 Å². The maximum atomic E-state index is 5.59. The number of nitrogen functional groups attached to an aromatic ring is 1. The Labute approximate surface area is 105 Å². The molecule has 0 aliphatic heterocycles. The van der Waals surface area contributed by atoms with Gasteiger partial charge in [-0.3, -0.25) is 0 Å². The van der Waals surface area contributed by atoms with Crippen LogP contribution in [0.1, 0.15) is 12.5 Å². The Kier molecular flexibility index (Phi) is 3.57. The van der Waals surface area contributed by atoms with Crippen LogP contribution in [0.4, 0.5) is 17.6 Å². The highest BCUT2D eigenvalue weighted by molar-refractivity contribution is 5.55. The minimum atomic E-state index is 0.128. The van der Waals surface area contributed by atoms with Gasteiger partial charge >= 0.3 is 6.01 Å². The molecule has 1 heterocycles. The zero-order valence-corrected chi connectivity index (χ0v) is 10.3. The predicted octanol–water partition coefficient (Wildman–Crippen LogP) is 1.90. The Hall–Kier alpha value is -2.37. The van der Waals surface area contributed by atoms with Gasteiger partial charge in [0.2, 0.25) is 11.9 Å². The molecule has 0 fully saturated rings. The summed E-state index contributed by atoms with van der Waals surface area (Å²) in [7, 11) is 0. The van der Waals surface area contributed by atoms with Gasteiger partial charge in [0.25, 0.3) is 0 Å². The minimum Gasteiger partial charge on any atom is -0.464 e. The number of hydrogen-bond acceptors (Lipinski definition) is 6. The molecule has 0 amide bonds. The van der Waals surface area contributed by atoms with E-state index in [9.17, 15) is 0 Å². The van der Waals surface area contributed by atoms with E-state index in [2.05, 4.69) is 20.3 Å². The summed E-state index contributed by atoms with van der Waals surface area (Å²) in [5, 5.41) is 3.06. The van der Waals surface area contributed by atoms with Crippen molar-refractivity contribution in [3.63, 3.8) is 0 Å². The molecule has 0 radical (unpaired) electrons. The molecule has 0 unspecified atom stereocenters. The second kappa shape index (κ2) is 5.31. The van der Waals surface area contributed by atoms with Crippen molar-refractivity contribution >= 4 is 17.6 Å². The normalized spacial score (nSPS) is 10.1. The van der Waals surface area contributed by atoms with Crippen LogP contribution in [-0.4, -0.2) is 21.6 Å². The first kappa shape index (κ1) is 12.1. The lowest BCUT2D eigenvalue weighted by molar-refractivity contribution is 0.312. The summed E-state index contributed by atoms with van der Waals surface area (Å²) in [5.41, 5.74) is 7.63. The van der Waals surface area contributed by atoms with E-state index in [1.807, 2.05) is 38.1 Å². The van der Waals surface area contributed by atoms with Crippen LogP contribution < -0.4 is 15.8 Å². The highest BCUT2D eigenvalue weighted by Crippen LogP contribution is 2.16. The molecule has 0 saturated heterocycles. The first-order chi connectivity index (χ1) is 8.67. The molecule has 3 N–H and O–H groups in total. The molecular weight excluding hydrogens is 230 g/mol. The average Bonchev–Trinajstić information content (AvgIpc) is 2.28. The Morgan fingerprint density at radius 3 is 2.83 bits per heavy atom. The fraction of sp³-hybridized carbons (Fsp3) is 0.250. The molecule has 18 heavy (non-hydrogen) atoms. The number of aryl methyl sites for hydroxylation is 1. The van der Waals surface area contributed by atoms with Crippen LogP contribution in [-0.2, 0) is 0 Å². The predicted molar refractivity (Wildman–Crippen MR) is 69.9 cm³/mol. The van der Waals surface area contributed by atoms with E-state index < -0.39 is 0 Å². The van der Waals surface area contributed by atoms with Gasteiger partial charge < -0.3 is 15.8 Å². The van der Waals surface area contributed by atoms with Crippen LogP contribution in [0.3, 0.4) is 0 Å². The molecule has 6 nitrogen and oxygen atoms in total. The average molecular weight is 245 g/mol. The van der Waals surface area contributed by atoms with Gasteiger partial charge in [0.05, 0.1) is 6.61 Å². The third-order valence-electron chi connectivity index (χ3n) is 2.18. The molecule has 0 aliphatic carbocycles. The summed E-state index contributed by atoms with van der Waals surface area (Å²) < 4.78 is 5.21. The van der Waals surface area contributed by atoms with E-state index >= 15 is 0 Å². The Morgan fingerprint density at radius 1 is 1.28 bits per heavy atom. The number of benzene rings is 1. The molecule has 0 saturated carbocycles. The first-order valence-electron chi connectivity index (χ1n) is 5.65. The monoisotopic (exact) mass is 245 g/mol. The van der Waals surface area contributed by atoms with Gasteiger partial charge in [0, 0.05) is 5.69 Å². The molecular formula is C12H15N5O. The van der Waals surface area contributed by atoms with Crippen molar-refractivity contribution in [1.82, 2.24) is 15.0 Å². The van der Waals surface area contributed by atoms with Gasteiger partial charge in [-0.2, -0.15) is 15.0 Å². The van der Waals surface area contributed by atoms with Crippen LogP contribution >= 0.6 is 0 Å². The second-order valence-corrected chi connectivity index (χ2v) is 3.73. The van der Waals surface area contributed by atoms with Crippen LogP contribution in [0.25, 0.3) is 0 Å². The summed E-state index contributed by atoms with van der Waals surface area (Å²) in [4.78, 5) is 12.0. The largest absolute Gasteiger partial charge is 0.464 e. The number of nitrogens with two attached hydrogens (primary N) is 1. The lowest BCUT2D eigenvalue weighted by Gasteiger charge is -2.07. The van der Waals surface area contributed by atoms with Crippen LogP contribution in [0, 0.1) is 6.92 Å². The van der Waals surface area contributed by atoms with Crippen LogP contribution in [0.15, 0.2) is 24.3 Å². The Bertz CT molecular complexity index is 544. The van der Waals surface area contributed by atoms with Gasteiger partial charge in [-0.05, 0) is 31.5 Å². The zero-order chi connectivity index (χ0) is 13.0. The van der Waals surface area contributed by atoms with Crippen molar-refractivity contribution in [2.24, 2.45) is 0 Å². The van der Waals surface area contributed by atoms with Crippen molar-refractivity contribution in [3.8, 4) is 6.01 Å². The molecule has 1 aromatic heterocycles. The van der Waals surface area contributed by atoms with Crippen molar-refractivity contribution < 1.29 is 4.74 Å². The highest BCUT2D eigenvalue weighted by atomic mass is 16.5. The minimum absolute atomic E-state index is 0.128. The summed E-state index contributed by atoms with van der Waals surface area (Å²) >= 11 is 0. The molecule has 2 rings (SSSR count). The molecule has 1 aromatic carbocycles. The molecule has 0 bridgehead atoms. The third-order valence-corrected chi connectivity index (χ3v) is 2.18. The molecule has 6 heteroatoms. The number of aromatic nitrogens is 3. The van der Waals surface area contributed by atoms with Gasteiger partial charge in [-0.25, -0.2) is 0 Å². The quantitative estimate of drug-likeness (QED) is 0.855. The topological polar surface area (TPSA) is 86.0 Å². The first-order valence-corrected chi connectivity index (χ1v) is 5.65. The van der Waals surface area contributed by atoms with Gasteiger partial charge in [0.1, 0.15) is 0 Å².